The number of carboxylic acid groups (broad SMARTS) is 1. The van der Waals surface area contributed by atoms with Gasteiger partial charge >= 0.3 is 5.97 Å². The molecule has 2 heterocycles. The van der Waals surface area contributed by atoms with Gasteiger partial charge in [-0.3, -0.25) is 24.1 Å². The monoisotopic (exact) mass is 720 g/mol. The molecule has 2 aliphatic heterocycles. The first-order valence-electron chi connectivity index (χ1n) is 14.5. The molecule has 0 aromatic heterocycles. The number of imide groups is 2. The Bertz CT molecular complexity index is 2080. The number of phenols is 1. The van der Waals surface area contributed by atoms with E-state index in [1.54, 1.807) is 0 Å². The van der Waals surface area contributed by atoms with Gasteiger partial charge in [-0.2, -0.15) is 0 Å². The number of alkyl halides is 2. The lowest BCUT2D eigenvalue weighted by atomic mass is 9.56. The van der Waals surface area contributed by atoms with Crippen molar-refractivity contribution in [2.45, 2.75) is 28.5 Å². The number of anilines is 2. The van der Waals surface area contributed by atoms with Gasteiger partial charge in [0.25, 0.3) is 11.8 Å². The summed E-state index contributed by atoms with van der Waals surface area (Å²) in [5.74, 6) is -24.3. The normalized spacial score (nSPS) is 29.2. The minimum Gasteiger partial charge on any atom is -0.508 e. The molecule has 3 aromatic carbocycles. The number of allylic oxidation sites excluding steroid dienone is 2. The fraction of sp³-hybridized carbons (Fsp3) is 0.242. The number of fused-ring (bicyclic) bond motifs is 4. The van der Waals surface area contributed by atoms with E-state index in [9.17, 15) is 47.4 Å². The van der Waals surface area contributed by atoms with Crippen LogP contribution < -0.4 is 9.80 Å². The molecule has 1 saturated carbocycles. The third-order valence-electron chi connectivity index (χ3n) is 9.82. The molecule has 16 heteroatoms. The van der Waals surface area contributed by atoms with Crippen LogP contribution in [0, 0.1) is 46.8 Å². The first kappa shape index (κ1) is 32.7. The predicted octanol–water partition coefficient (Wildman–Crippen LogP) is 5.55. The number of hydrogen-bond acceptors (Lipinski definition) is 6. The molecule has 6 atom stereocenters. The Morgan fingerprint density at radius 2 is 1.43 bits per heavy atom. The molecule has 3 fully saturated rings. The maximum Gasteiger partial charge on any atom is 0.335 e. The Kier molecular flexibility index (Phi) is 7.24. The highest BCUT2D eigenvalue weighted by Gasteiger charge is 2.77. The Morgan fingerprint density at radius 1 is 0.796 bits per heavy atom. The van der Waals surface area contributed by atoms with Crippen LogP contribution in [-0.4, -0.2) is 49.6 Å². The molecule has 2 saturated heterocycles. The molecule has 0 bridgehead atoms. The van der Waals surface area contributed by atoms with E-state index in [2.05, 4.69) is 0 Å². The van der Waals surface area contributed by atoms with Crippen LogP contribution in [-0.2, 0) is 19.2 Å². The van der Waals surface area contributed by atoms with Crippen molar-refractivity contribution in [3.63, 3.8) is 0 Å². The molecule has 9 nitrogen and oxygen atoms in total. The van der Waals surface area contributed by atoms with Crippen molar-refractivity contribution in [1.82, 2.24) is 0 Å². The number of para-hydroxylation sites is 1. The second-order valence-electron chi connectivity index (χ2n) is 12.1. The summed E-state index contributed by atoms with van der Waals surface area (Å²) in [7, 11) is 0. The molecule has 252 valence electrons. The number of amides is 4. The van der Waals surface area contributed by atoms with Crippen LogP contribution in [0.2, 0.25) is 0 Å². The zero-order chi connectivity index (χ0) is 35.5. The average Bonchev–Trinajstić information content (AvgIpc) is 3.41. The van der Waals surface area contributed by atoms with Crippen molar-refractivity contribution in [2.75, 3.05) is 9.80 Å². The number of carboxylic acids is 1. The SMILES string of the molecule is O=C(O)c1cccc(N2C(=O)[C@H]3[C@H](CC=C4[C@H]3C[C@@]3(Cl)C(=O)N(c5c(F)c(F)c(F)c(F)c5F)C(=O)[C@@]3(Cl)[C@H]4c3ccccc3O)C2=O)c1. The Balaban J connectivity index is 1.42. The van der Waals surface area contributed by atoms with Crippen molar-refractivity contribution >= 4 is 64.2 Å². The van der Waals surface area contributed by atoms with E-state index in [-0.39, 0.29) is 33.7 Å². The number of nitrogens with zero attached hydrogens (tertiary/aromatic N) is 2. The predicted molar refractivity (Wildman–Crippen MR) is 160 cm³/mol. The van der Waals surface area contributed by atoms with Gasteiger partial charge < -0.3 is 10.2 Å². The molecule has 4 aliphatic rings. The van der Waals surface area contributed by atoms with Crippen LogP contribution in [0.3, 0.4) is 0 Å². The fourth-order valence-electron chi connectivity index (χ4n) is 7.68. The van der Waals surface area contributed by atoms with Crippen LogP contribution in [0.25, 0.3) is 0 Å². The number of carbonyl (C=O) groups is 5. The van der Waals surface area contributed by atoms with Crippen LogP contribution in [0.4, 0.5) is 33.3 Å². The highest BCUT2D eigenvalue weighted by molar-refractivity contribution is 6.58. The zero-order valence-electron chi connectivity index (χ0n) is 24.4. The van der Waals surface area contributed by atoms with Gasteiger partial charge in [0.1, 0.15) is 11.4 Å². The van der Waals surface area contributed by atoms with E-state index in [1.165, 1.54) is 48.5 Å². The number of carbonyl (C=O) groups excluding carboxylic acids is 4. The Labute approximate surface area is 282 Å². The van der Waals surface area contributed by atoms with E-state index < -0.39 is 110 Å². The molecule has 0 unspecified atom stereocenters. The number of halogens is 7. The number of aromatic carboxylic acids is 1. The summed E-state index contributed by atoms with van der Waals surface area (Å²) in [5, 5.41) is 20.4. The van der Waals surface area contributed by atoms with Crippen LogP contribution in [0.5, 0.6) is 5.75 Å². The summed E-state index contributed by atoms with van der Waals surface area (Å²) in [5.41, 5.74) is -2.17. The van der Waals surface area contributed by atoms with Gasteiger partial charge in [-0.15, -0.1) is 23.2 Å². The molecule has 2 aliphatic carbocycles. The first-order valence-corrected chi connectivity index (χ1v) is 15.3. The number of hydrogen-bond donors (Lipinski definition) is 2. The van der Waals surface area contributed by atoms with Crippen molar-refractivity contribution in [2.24, 2.45) is 17.8 Å². The van der Waals surface area contributed by atoms with Crippen LogP contribution in [0.1, 0.15) is 34.7 Å². The van der Waals surface area contributed by atoms with Gasteiger partial charge in [0.2, 0.25) is 17.6 Å². The Morgan fingerprint density at radius 3 is 2.06 bits per heavy atom. The number of rotatable bonds is 4. The smallest absolute Gasteiger partial charge is 0.335 e. The van der Waals surface area contributed by atoms with Gasteiger partial charge in [-0.05, 0) is 43.0 Å². The van der Waals surface area contributed by atoms with Crippen LogP contribution in [0.15, 0.2) is 60.2 Å². The highest BCUT2D eigenvalue weighted by atomic mass is 35.5. The van der Waals surface area contributed by atoms with E-state index in [0.717, 1.165) is 11.0 Å². The molecule has 0 spiro atoms. The average molecular weight is 721 g/mol. The lowest BCUT2D eigenvalue weighted by Gasteiger charge is -2.50. The second kappa shape index (κ2) is 10.8. The minimum absolute atomic E-state index is 0.0594. The topological polar surface area (TPSA) is 132 Å². The molecule has 7 rings (SSSR count). The van der Waals surface area contributed by atoms with Gasteiger partial charge in [-0.25, -0.2) is 31.6 Å². The third kappa shape index (κ3) is 4.13. The van der Waals surface area contributed by atoms with E-state index >= 15 is 8.78 Å². The van der Waals surface area contributed by atoms with Crippen molar-refractivity contribution in [3.8, 4) is 5.75 Å². The summed E-state index contributed by atoms with van der Waals surface area (Å²) < 4.78 is 72.9. The summed E-state index contributed by atoms with van der Waals surface area (Å²) in [6.45, 7) is 0. The summed E-state index contributed by atoms with van der Waals surface area (Å²) in [6, 6.07) is 10.4. The zero-order valence-corrected chi connectivity index (χ0v) is 25.9. The summed E-state index contributed by atoms with van der Waals surface area (Å²) in [4.78, 5) is 62.8. The molecule has 3 aromatic rings. The molecule has 4 amide bonds. The lowest BCUT2D eigenvalue weighted by Crippen LogP contribution is -2.60. The number of aromatic hydroxyl groups is 1. The van der Waals surface area contributed by atoms with E-state index in [1.807, 2.05) is 0 Å². The molecule has 49 heavy (non-hydrogen) atoms. The quantitative estimate of drug-likeness (QED) is 0.0902. The number of benzene rings is 3. The maximum absolute atomic E-state index is 15.1. The first-order chi connectivity index (χ1) is 23.1. The maximum atomic E-state index is 15.1. The summed E-state index contributed by atoms with van der Waals surface area (Å²) in [6.07, 6.45) is 0.615. The highest BCUT2D eigenvalue weighted by Crippen LogP contribution is 2.66. The summed E-state index contributed by atoms with van der Waals surface area (Å²) >= 11 is 14.1. The fourth-order valence-corrected chi connectivity index (χ4v) is 8.60. The standard InChI is InChI=1S/C33H19Cl2F5N2O7/c34-32-11-17-14(8-9-16-19(17)28(45)41(27(16)44)13-5-3-4-12(10-13)29(46)47)20(15-6-1-2-7-18(15)43)33(32,35)31(49)42(30(32)48)26-24(39)22(37)21(36)23(38)25(26)40/h1-8,10,16-17,19-20,43H,9,11H2,(H,46,47)/t16-,17+,19-,20+,32+,33-/m0/s1. The number of phenolic OH excluding ortho intramolecular Hbond substituents is 1. The largest absolute Gasteiger partial charge is 0.508 e. The van der Waals surface area contributed by atoms with Crippen molar-refractivity contribution in [1.29, 1.82) is 0 Å². The van der Waals surface area contributed by atoms with Gasteiger partial charge in [0, 0.05) is 11.5 Å². The Hall–Kier alpha value is -4.82. The second-order valence-corrected chi connectivity index (χ2v) is 13.4. The third-order valence-corrected chi connectivity index (χ3v) is 11.2. The molecule has 0 radical (unpaired) electrons. The van der Waals surface area contributed by atoms with Gasteiger partial charge in [-0.1, -0.05) is 35.9 Å². The molecular formula is C33H19Cl2F5N2O7. The van der Waals surface area contributed by atoms with Crippen molar-refractivity contribution in [3.05, 3.63) is 100 Å². The minimum atomic E-state index is -2.78. The van der Waals surface area contributed by atoms with E-state index in [4.69, 9.17) is 23.2 Å². The molecular weight excluding hydrogens is 702 g/mol. The van der Waals surface area contributed by atoms with Crippen molar-refractivity contribution < 1.29 is 56.1 Å². The van der Waals surface area contributed by atoms with Gasteiger partial charge in [0.05, 0.1) is 23.1 Å². The van der Waals surface area contributed by atoms with Gasteiger partial charge in [0.15, 0.2) is 33.0 Å². The molecule has 2 N–H and O–H groups in total. The van der Waals surface area contributed by atoms with E-state index in [0.29, 0.717) is 0 Å². The lowest BCUT2D eigenvalue weighted by molar-refractivity contribution is -0.125. The van der Waals surface area contributed by atoms with Crippen LogP contribution >= 0.6 is 23.2 Å².